The third-order valence-corrected chi connectivity index (χ3v) is 4.76. The van der Waals surface area contributed by atoms with Crippen LogP contribution < -0.4 is 4.74 Å². The lowest BCUT2D eigenvalue weighted by atomic mass is 9.99. The SMILES string of the molecule is CCC(C)c1ccc(OCCCn2c(C(F)(F)F)nc3ccccc32)cc1. The van der Waals surface area contributed by atoms with Crippen LogP contribution in [0, 0.1) is 0 Å². The lowest BCUT2D eigenvalue weighted by molar-refractivity contribution is -0.147. The molecule has 3 rings (SSSR count). The Labute approximate surface area is 156 Å². The second-order valence-electron chi connectivity index (χ2n) is 6.65. The molecule has 1 aromatic heterocycles. The van der Waals surface area contributed by atoms with Crippen LogP contribution >= 0.6 is 0 Å². The van der Waals surface area contributed by atoms with Crippen molar-refractivity contribution in [1.82, 2.24) is 9.55 Å². The predicted octanol–water partition coefficient (Wildman–Crippen LogP) is 6.04. The van der Waals surface area contributed by atoms with Crippen LogP contribution in [0.25, 0.3) is 11.0 Å². The van der Waals surface area contributed by atoms with E-state index in [1.54, 1.807) is 24.3 Å². The summed E-state index contributed by atoms with van der Waals surface area (Å²) in [5, 5.41) is 0. The summed E-state index contributed by atoms with van der Waals surface area (Å²) in [4.78, 5) is 3.75. The summed E-state index contributed by atoms with van der Waals surface area (Å²) in [6.45, 7) is 4.85. The number of benzene rings is 2. The van der Waals surface area contributed by atoms with E-state index in [1.807, 2.05) is 24.3 Å². The first kappa shape index (κ1) is 19.3. The van der Waals surface area contributed by atoms with E-state index in [1.165, 1.54) is 10.1 Å². The van der Waals surface area contributed by atoms with Crippen molar-refractivity contribution in [3.63, 3.8) is 0 Å². The molecule has 6 heteroatoms. The van der Waals surface area contributed by atoms with Gasteiger partial charge in [-0.2, -0.15) is 13.2 Å². The molecule has 0 aliphatic carbocycles. The number of aryl methyl sites for hydroxylation is 1. The van der Waals surface area contributed by atoms with E-state index < -0.39 is 12.0 Å². The van der Waals surface area contributed by atoms with E-state index >= 15 is 0 Å². The highest BCUT2D eigenvalue weighted by Crippen LogP contribution is 2.31. The number of imidazole rings is 1. The summed E-state index contributed by atoms with van der Waals surface area (Å²) in [6, 6.07) is 14.6. The summed E-state index contributed by atoms with van der Waals surface area (Å²) in [7, 11) is 0. The van der Waals surface area contributed by atoms with Crippen molar-refractivity contribution in [2.45, 2.75) is 45.3 Å². The summed E-state index contributed by atoms with van der Waals surface area (Å²) in [5.74, 6) is 0.365. The van der Waals surface area contributed by atoms with Crippen molar-refractivity contribution in [1.29, 1.82) is 0 Å². The maximum absolute atomic E-state index is 13.3. The number of aromatic nitrogens is 2. The third kappa shape index (κ3) is 4.43. The Morgan fingerprint density at radius 3 is 2.44 bits per heavy atom. The van der Waals surface area contributed by atoms with Crippen LogP contribution in [-0.4, -0.2) is 16.2 Å². The molecular weight excluding hydrogens is 353 g/mol. The van der Waals surface area contributed by atoms with Gasteiger partial charge in [-0.15, -0.1) is 0 Å². The van der Waals surface area contributed by atoms with Crippen molar-refractivity contribution in [3.8, 4) is 5.75 Å². The highest BCUT2D eigenvalue weighted by Gasteiger charge is 2.37. The van der Waals surface area contributed by atoms with E-state index in [2.05, 4.69) is 18.8 Å². The van der Waals surface area contributed by atoms with Crippen LogP contribution in [0.4, 0.5) is 13.2 Å². The van der Waals surface area contributed by atoms with Crippen molar-refractivity contribution in [2.75, 3.05) is 6.61 Å². The molecule has 0 amide bonds. The molecule has 0 saturated heterocycles. The monoisotopic (exact) mass is 376 g/mol. The molecule has 1 atom stereocenters. The van der Waals surface area contributed by atoms with Gasteiger partial charge in [0, 0.05) is 6.54 Å². The maximum Gasteiger partial charge on any atom is 0.449 e. The van der Waals surface area contributed by atoms with Gasteiger partial charge in [0.15, 0.2) is 0 Å². The highest BCUT2D eigenvalue weighted by atomic mass is 19.4. The minimum atomic E-state index is -4.48. The molecule has 0 radical (unpaired) electrons. The summed E-state index contributed by atoms with van der Waals surface area (Å²) in [5.41, 5.74) is 2.10. The Morgan fingerprint density at radius 2 is 1.78 bits per heavy atom. The summed E-state index contributed by atoms with van der Waals surface area (Å²) < 4.78 is 46.8. The minimum absolute atomic E-state index is 0.195. The van der Waals surface area contributed by atoms with E-state index in [-0.39, 0.29) is 6.54 Å². The number of ether oxygens (including phenoxy) is 1. The van der Waals surface area contributed by atoms with E-state index in [0.29, 0.717) is 30.0 Å². The third-order valence-electron chi connectivity index (χ3n) is 4.76. The molecule has 0 fully saturated rings. The molecule has 1 heterocycles. The second kappa shape index (κ2) is 8.03. The lowest BCUT2D eigenvalue weighted by Gasteiger charge is -2.13. The first-order valence-corrected chi connectivity index (χ1v) is 9.15. The van der Waals surface area contributed by atoms with Crippen LogP contribution in [0.5, 0.6) is 5.75 Å². The zero-order valence-electron chi connectivity index (χ0n) is 15.5. The first-order valence-electron chi connectivity index (χ1n) is 9.15. The smallest absolute Gasteiger partial charge is 0.449 e. The average molecular weight is 376 g/mol. The summed E-state index contributed by atoms with van der Waals surface area (Å²) in [6.07, 6.45) is -2.96. The van der Waals surface area contributed by atoms with Crippen molar-refractivity contribution in [2.24, 2.45) is 0 Å². The van der Waals surface area contributed by atoms with Crippen molar-refractivity contribution >= 4 is 11.0 Å². The average Bonchev–Trinajstić information content (AvgIpc) is 3.04. The van der Waals surface area contributed by atoms with Crippen LogP contribution in [-0.2, 0) is 12.7 Å². The fourth-order valence-corrected chi connectivity index (χ4v) is 3.06. The largest absolute Gasteiger partial charge is 0.494 e. The van der Waals surface area contributed by atoms with Crippen LogP contribution in [0.1, 0.15) is 44.0 Å². The Morgan fingerprint density at radius 1 is 1.07 bits per heavy atom. The van der Waals surface area contributed by atoms with Crippen LogP contribution in [0.2, 0.25) is 0 Å². The van der Waals surface area contributed by atoms with Gasteiger partial charge in [0.2, 0.25) is 5.82 Å². The zero-order valence-corrected chi connectivity index (χ0v) is 15.5. The molecule has 1 unspecified atom stereocenters. The van der Waals surface area contributed by atoms with Gasteiger partial charge in [-0.3, -0.25) is 0 Å². The Kier molecular flexibility index (Phi) is 5.73. The molecule has 0 aliphatic rings. The van der Waals surface area contributed by atoms with Crippen LogP contribution in [0.3, 0.4) is 0 Å². The Bertz CT molecular complexity index is 885. The van der Waals surface area contributed by atoms with E-state index in [0.717, 1.165) is 12.2 Å². The molecule has 0 spiro atoms. The molecule has 3 aromatic rings. The molecule has 3 nitrogen and oxygen atoms in total. The Hall–Kier alpha value is -2.50. The van der Waals surface area contributed by atoms with Gasteiger partial charge < -0.3 is 9.30 Å². The highest BCUT2D eigenvalue weighted by molar-refractivity contribution is 5.76. The fraction of sp³-hybridized carbons (Fsp3) is 0.381. The van der Waals surface area contributed by atoms with Crippen LogP contribution in [0.15, 0.2) is 48.5 Å². The number of hydrogen-bond acceptors (Lipinski definition) is 2. The molecule has 0 saturated carbocycles. The lowest BCUT2D eigenvalue weighted by Crippen LogP contribution is -2.16. The van der Waals surface area contributed by atoms with Crippen molar-refractivity contribution in [3.05, 3.63) is 59.9 Å². The number of para-hydroxylation sites is 2. The second-order valence-corrected chi connectivity index (χ2v) is 6.65. The molecule has 144 valence electrons. The minimum Gasteiger partial charge on any atom is -0.494 e. The van der Waals surface area contributed by atoms with Gasteiger partial charge >= 0.3 is 6.18 Å². The van der Waals surface area contributed by atoms with Gasteiger partial charge in [-0.1, -0.05) is 38.1 Å². The quantitative estimate of drug-likeness (QED) is 0.470. The fourth-order valence-electron chi connectivity index (χ4n) is 3.06. The number of rotatable bonds is 7. The summed E-state index contributed by atoms with van der Waals surface area (Å²) >= 11 is 0. The van der Waals surface area contributed by atoms with Gasteiger partial charge in [-0.25, -0.2) is 4.98 Å². The zero-order chi connectivity index (χ0) is 19.4. The number of fused-ring (bicyclic) bond motifs is 1. The topological polar surface area (TPSA) is 27.1 Å². The van der Waals surface area contributed by atoms with Gasteiger partial charge in [0.05, 0.1) is 17.6 Å². The standard InChI is InChI=1S/C21H23F3N2O/c1-3-15(2)16-9-11-17(12-10-16)27-14-6-13-26-19-8-5-4-7-18(19)25-20(26)21(22,23)24/h4-5,7-12,15H,3,6,13-14H2,1-2H3. The van der Waals surface area contributed by atoms with E-state index in [4.69, 9.17) is 4.74 Å². The molecule has 2 aromatic carbocycles. The number of alkyl halides is 3. The van der Waals surface area contributed by atoms with Gasteiger partial charge in [-0.05, 0) is 48.6 Å². The molecule has 27 heavy (non-hydrogen) atoms. The molecule has 0 bridgehead atoms. The number of nitrogens with zero attached hydrogens (tertiary/aromatic N) is 2. The van der Waals surface area contributed by atoms with E-state index in [9.17, 15) is 13.2 Å². The number of halogens is 3. The first-order chi connectivity index (χ1) is 12.9. The maximum atomic E-state index is 13.3. The normalized spacial score (nSPS) is 13.1. The van der Waals surface area contributed by atoms with Crippen molar-refractivity contribution < 1.29 is 17.9 Å². The van der Waals surface area contributed by atoms with Gasteiger partial charge in [0.1, 0.15) is 5.75 Å². The molecule has 0 aliphatic heterocycles. The number of hydrogen-bond donors (Lipinski definition) is 0. The van der Waals surface area contributed by atoms with Gasteiger partial charge in [0.25, 0.3) is 0 Å². The molecular formula is C21H23F3N2O. The molecule has 0 N–H and O–H groups in total. The Balaban J connectivity index is 1.64. The predicted molar refractivity (Wildman–Crippen MR) is 100.0 cm³/mol.